The van der Waals surface area contributed by atoms with Crippen molar-refractivity contribution in [1.29, 1.82) is 0 Å². The first-order chi connectivity index (χ1) is 16.1. The van der Waals surface area contributed by atoms with E-state index in [0.717, 1.165) is 50.4 Å². The first kappa shape index (κ1) is 19.6. The van der Waals surface area contributed by atoms with E-state index < -0.39 is 0 Å². The minimum Gasteiger partial charge on any atom is -0.464 e. The number of rotatable bonds is 4. The van der Waals surface area contributed by atoms with Gasteiger partial charge in [-0.3, -0.25) is 4.79 Å². The highest BCUT2D eigenvalue weighted by Gasteiger charge is 2.40. The Balaban J connectivity index is 1.64. The summed E-state index contributed by atoms with van der Waals surface area (Å²) in [7, 11) is 2.11. The highest BCUT2D eigenvalue weighted by molar-refractivity contribution is 6.02. The molecule has 0 saturated carbocycles. The lowest BCUT2D eigenvalue weighted by molar-refractivity contribution is 0.0723. The highest BCUT2D eigenvalue weighted by Crippen LogP contribution is 2.46. The van der Waals surface area contributed by atoms with E-state index in [1.165, 1.54) is 0 Å². The van der Waals surface area contributed by atoms with Gasteiger partial charge in [-0.2, -0.15) is 0 Å². The van der Waals surface area contributed by atoms with Crippen molar-refractivity contribution in [2.45, 2.75) is 19.5 Å². The number of para-hydroxylation sites is 1. The van der Waals surface area contributed by atoms with Gasteiger partial charge in [0.1, 0.15) is 11.5 Å². The van der Waals surface area contributed by atoms with Gasteiger partial charge in [-0.15, -0.1) is 0 Å². The van der Waals surface area contributed by atoms with Gasteiger partial charge in [0.2, 0.25) is 0 Å². The predicted octanol–water partition coefficient (Wildman–Crippen LogP) is 6.49. The van der Waals surface area contributed by atoms with Gasteiger partial charge in [0, 0.05) is 29.1 Å². The topological polar surface area (TPSA) is 38.4 Å². The molecule has 5 aromatic rings. The summed E-state index contributed by atoms with van der Waals surface area (Å²) in [5, 5.41) is 1.16. The van der Waals surface area contributed by atoms with Crippen LogP contribution in [0.3, 0.4) is 0 Å². The fourth-order valence-corrected chi connectivity index (χ4v) is 5.23. The molecule has 0 aliphatic carbocycles. The molecule has 0 fully saturated rings. The summed E-state index contributed by atoms with van der Waals surface area (Å²) in [4.78, 5) is 15.6. The SMILES string of the molecule is Cc1ccc(CN2C(=O)c3ccccc3C2c2c(-c3ccccc3)n(C)c3ccccc23)o1. The van der Waals surface area contributed by atoms with Gasteiger partial charge >= 0.3 is 0 Å². The standard InChI is InChI=1S/C29H24N2O2/c1-19-16-17-21(33-19)18-31-28(22-12-6-7-13-23(22)29(31)32)26-24-14-8-9-15-25(24)30(2)27(26)20-10-4-3-5-11-20/h3-17,28H,18H2,1-2H3. The number of furan rings is 1. The van der Waals surface area contributed by atoms with Crippen LogP contribution in [0.1, 0.15) is 39.0 Å². The van der Waals surface area contributed by atoms with Crippen molar-refractivity contribution in [3.05, 3.63) is 119 Å². The van der Waals surface area contributed by atoms with E-state index in [1.54, 1.807) is 0 Å². The molecule has 6 rings (SSSR count). The third-order valence-electron chi connectivity index (χ3n) is 6.65. The van der Waals surface area contributed by atoms with E-state index in [2.05, 4.69) is 66.2 Å². The van der Waals surface area contributed by atoms with Crippen molar-refractivity contribution in [2.75, 3.05) is 0 Å². The summed E-state index contributed by atoms with van der Waals surface area (Å²) >= 11 is 0. The first-order valence-corrected chi connectivity index (χ1v) is 11.2. The molecule has 33 heavy (non-hydrogen) atoms. The maximum Gasteiger partial charge on any atom is 0.255 e. The third kappa shape index (κ3) is 3.02. The van der Waals surface area contributed by atoms with Crippen molar-refractivity contribution in [2.24, 2.45) is 7.05 Å². The van der Waals surface area contributed by atoms with Crippen LogP contribution in [0.2, 0.25) is 0 Å². The zero-order valence-electron chi connectivity index (χ0n) is 18.7. The Morgan fingerprint density at radius 2 is 1.58 bits per heavy atom. The fourth-order valence-electron chi connectivity index (χ4n) is 5.23. The molecule has 3 aromatic carbocycles. The zero-order valence-corrected chi connectivity index (χ0v) is 18.7. The molecule has 4 nitrogen and oxygen atoms in total. The Labute approximate surface area is 192 Å². The minimum atomic E-state index is -0.208. The van der Waals surface area contributed by atoms with Crippen LogP contribution in [-0.4, -0.2) is 15.4 Å². The molecule has 0 bridgehead atoms. The smallest absolute Gasteiger partial charge is 0.255 e. The molecular formula is C29H24N2O2. The molecule has 3 heterocycles. The average Bonchev–Trinajstić information content (AvgIpc) is 3.48. The van der Waals surface area contributed by atoms with Crippen molar-refractivity contribution >= 4 is 16.8 Å². The van der Waals surface area contributed by atoms with E-state index in [-0.39, 0.29) is 11.9 Å². The summed E-state index contributed by atoms with van der Waals surface area (Å²) in [5.74, 6) is 1.68. The number of fused-ring (bicyclic) bond motifs is 2. The Morgan fingerprint density at radius 1 is 0.848 bits per heavy atom. The lowest BCUT2D eigenvalue weighted by Gasteiger charge is -2.26. The average molecular weight is 433 g/mol. The van der Waals surface area contributed by atoms with E-state index in [9.17, 15) is 4.79 Å². The maximum absolute atomic E-state index is 13.7. The fraction of sp³-hybridized carbons (Fsp3) is 0.138. The number of hydrogen-bond acceptors (Lipinski definition) is 2. The van der Waals surface area contributed by atoms with Gasteiger partial charge < -0.3 is 13.9 Å². The van der Waals surface area contributed by atoms with Crippen LogP contribution >= 0.6 is 0 Å². The molecule has 0 N–H and O–H groups in total. The van der Waals surface area contributed by atoms with Crippen LogP contribution in [0.4, 0.5) is 0 Å². The monoisotopic (exact) mass is 432 g/mol. The number of carbonyl (C=O) groups excluding carboxylic acids is 1. The van der Waals surface area contributed by atoms with Gasteiger partial charge in [0.25, 0.3) is 5.91 Å². The van der Waals surface area contributed by atoms with E-state index in [0.29, 0.717) is 6.54 Å². The Morgan fingerprint density at radius 3 is 2.36 bits per heavy atom. The predicted molar refractivity (Wildman–Crippen MR) is 130 cm³/mol. The summed E-state index contributed by atoms with van der Waals surface area (Å²) in [6.45, 7) is 2.35. The summed E-state index contributed by atoms with van der Waals surface area (Å²) in [6.07, 6.45) is 0. The lowest BCUT2D eigenvalue weighted by atomic mass is 9.93. The maximum atomic E-state index is 13.7. The second kappa shape index (κ2) is 7.52. The lowest BCUT2D eigenvalue weighted by Crippen LogP contribution is -2.28. The van der Waals surface area contributed by atoms with Crippen molar-refractivity contribution in [3.63, 3.8) is 0 Å². The van der Waals surface area contributed by atoms with Crippen molar-refractivity contribution < 1.29 is 9.21 Å². The zero-order chi connectivity index (χ0) is 22.5. The van der Waals surface area contributed by atoms with Crippen LogP contribution in [-0.2, 0) is 13.6 Å². The van der Waals surface area contributed by atoms with Crippen LogP contribution in [0.25, 0.3) is 22.2 Å². The molecule has 1 amide bonds. The van der Waals surface area contributed by atoms with Gasteiger partial charge in [0.15, 0.2) is 0 Å². The third-order valence-corrected chi connectivity index (χ3v) is 6.65. The minimum absolute atomic E-state index is 0.0385. The number of benzene rings is 3. The van der Waals surface area contributed by atoms with Crippen molar-refractivity contribution in [1.82, 2.24) is 9.47 Å². The van der Waals surface area contributed by atoms with Crippen LogP contribution in [0, 0.1) is 6.92 Å². The Kier molecular flexibility index (Phi) is 4.47. The number of aromatic nitrogens is 1. The Hall–Kier alpha value is -4.05. The molecule has 1 aliphatic heterocycles. The summed E-state index contributed by atoms with van der Waals surface area (Å²) < 4.78 is 8.14. The molecule has 1 aliphatic rings. The van der Waals surface area contributed by atoms with Gasteiger partial charge in [-0.25, -0.2) is 0 Å². The number of aryl methyl sites for hydroxylation is 2. The van der Waals surface area contributed by atoms with Crippen LogP contribution in [0.15, 0.2) is 95.4 Å². The molecule has 2 aromatic heterocycles. The normalized spacial score (nSPS) is 15.4. The van der Waals surface area contributed by atoms with Gasteiger partial charge in [-0.05, 0) is 42.3 Å². The van der Waals surface area contributed by atoms with Gasteiger partial charge in [-0.1, -0.05) is 66.7 Å². The van der Waals surface area contributed by atoms with E-state index >= 15 is 0 Å². The van der Waals surface area contributed by atoms with Crippen molar-refractivity contribution in [3.8, 4) is 11.3 Å². The van der Waals surface area contributed by atoms with E-state index in [4.69, 9.17) is 4.42 Å². The highest BCUT2D eigenvalue weighted by atomic mass is 16.3. The largest absolute Gasteiger partial charge is 0.464 e. The van der Waals surface area contributed by atoms with Gasteiger partial charge in [0.05, 0.1) is 18.3 Å². The summed E-state index contributed by atoms with van der Waals surface area (Å²) in [5.41, 5.74) is 6.37. The van der Waals surface area contributed by atoms with E-state index in [1.807, 2.05) is 48.2 Å². The number of nitrogens with zero attached hydrogens (tertiary/aromatic N) is 2. The molecule has 0 saturated heterocycles. The first-order valence-electron chi connectivity index (χ1n) is 11.2. The second-order valence-corrected chi connectivity index (χ2v) is 8.64. The summed E-state index contributed by atoms with van der Waals surface area (Å²) in [6, 6.07) is 30.6. The molecule has 4 heteroatoms. The second-order valence-electron chi connectivity index (χ2n) is 8.64. The molecule has 0 radical (unpaired) electrons. The van der Waals surface area contributed by atoms with Crippen LogP contribution in [0.5, 0.6) is 0 Å². The molecular weight excluding hydrogens is 408 g/mol. The number of carbonyl (C=O) groups is 1. The Bertz CT molecular complexity index is 1490. The molecule has 1 unspecified atom stereocenters. The van der Waals surface area contributed by atoms with Crippen LogP contribution < -0.4 is 0 Å². The molecule has 162 valence electrons. The quantitative estimate of drug-likeness (QED) is 0.325. The number of hydrogen-bond donors (Lipinski definition) is 0. The number of amides is 1. The molecule has 1 atom stereocenters. The molecule has 0 spiro atoms.